The van der Waals surface area contributed by atoms with Crippen molar-refractivity contribution in [3.05, 3.63) is 51.3 Å². The lowest BCUT2D eigenvalue weighted by atomic mass is 10.1. The van der Waals surface area contributed by atoms with Crippen LogP contribution < -0.4 is 0 Å². The predicted molar refractivity (Wildman–Crippen MR) is 58.6 cm³/mol. The molecule has 0 saturated carbocycles. The van der Waals surface area contributed by atoms with E-state index in [2.05, 4.69) is 53.0 Å². The van der Waals surface area contributed by atoms with E-state index in [1.165, 1.54) is 6.08 Å². The second-order valence-corrected chi connectivity index (χ2v) is 2.75. The number of hydrogen-bond donors (Lipinski definition) is 0. The number of rotatable bonds is 3. The normalized spacial score (nSPS) is 12.1. The van der Waals surface area contributed by atoms with Crippen molar-refractivity contribution >= 4 is 0 Å². The Labute approximate surface area is 77.7 Å². The van der Waals surface area contributed by atoms with Crippen molar-refractivity contribution in [2.45, 2.75) is 13.8 Å². The van der Waals surface area contributed by atoms with Gasteiger partial charge in [0.05, 0.1) is 0 Å². The van der Waals surface area contributed by atoms with Gasteiger partial charge in [-0.2, -0.15) is 0 Å². The Kier molecular flexibility index (Phi) is 11.7. The highest BCUT2D eigenvalue weighted by Crippen LogP contribution is 2.01. The average Bonchev–Trinajstić information content (AvgIpc) is 2.01. The molecule has 0 heteroatoms. The summed E-state index contributed by atoms with van der Waals surface area (Å²) < 4.78 is 0. The molecule has 0 aliphatic rings. The van der Waals surface area contributed by atoms with Crippen molar-refractivity contribution in [3.63, 3.8) is 0 Å². The topological polar surface area (TPSA) is 0 Å². The minimum atomic E-state index is 0.410. The lowest BCUT2D eigenvalue weighted by Gasteiger charge is -1.96. The molecule has 2 unspecified atom stereocenters. The van der Waals surface area contributed by atoms with Crippen LogP contribution in [0.4, 0.5) is 0 Å². The molecular formula is C12H20. The van der Waals surface area contributed by atoms with Gasteiger partial charge in [0.2, 0.25) is 0 Å². The maximum Gasteiger partial charge on any atom is -0.00845 e. The van der Waals surface area contributed by atoms with Crippen molar-refractivity contribution in [2.24, 2.45) is 11.8 Å². The molecule has 0 aliphatic heterocycles. The van der Waals surface area contributed by atoms with Crippen LogP contribution in [0.1, 0.15) is 13.8 Å². The number of allylic oxidation sites excluding steroid dienone is 4. The van der Waals surface area contributed by atoms with Gasteiger partial charge in [-0.1, -0.05) is 38.2 Å². The Morgan fingerprint density at radius 3 is 1.75 bits per heavy atom. The molecule has 0 aromatic rings. The molecule has 0 fully saturated rings. The zero-order valence-electron chi connectivity index (χ0n) is 8.29. The fourth-order valence-corrected chi connectivity index (χ4v) is 0.444. The van der Waals surface area contributed by atoms with Crippen LogP contribution in [0.25, 0.3) is 0 Å². The van der Waals surface area contributed by atoms with Crippen LogP contribution in [0.3, 0.4) is 0 Å². The number of hydrogen-bond acceptors (Lipinski definition) is 0. The molecule has 2 radical (unpaired) electrons. The van der Waals surface area contributed by atoms with Gasteiger partial charge >= 0.3 is 0 Å². The van der Waals surface area contributed by atoms with E-state index in [1.807, 2.05) is 6.08 Å². The Bertz CT molecular complexity index is 129. The largest absolute Gasteiger partial charge is 0.103 e. The van der Waals surface area contributed by atoms with E-state index >= 15 is 0 Å². The predicted octanol–water partition coefficient (Wildman–Crippen LogP) is 3.84. The van der Waals surface area contributed by atoms with E-state index in [1.54, 1.807) is 0 Å². The first kappa shape index (κ1) is 13.8. The van der Waals surface area contributed by atoms with Crippen molar-refractivity contribution in [3.8, 4) is 0 Å². The molecule has 0 spiro atoms. The average molecular weight is 164 g/mol. The smallest absolute Gasteiger partial charge is 0.00845 e. The monoisotopic (exact) mass is 164 g/mol. The second-order valence-electron chi connectivity index (χ2n) is 2.75. The van der Waals surface area contributed by atoms with Gasteiger partial charge in [-0.3, -0.25) is 0 Å². The lowest BCUT2D eigenvalue weighted by Crippen LogP contribution is -1.83. The molecule has 0 rings (SSSR count). The fraction of sp³-hybridized carbons (Fsp3) is 0.333. The summed E-state index contributed by atoms with van der Waals surface area (Å²) in [6.07, 6.45) is 7.62. The molecular weight excluding hydrogens is 144 g/mol. The van der Waals surface area contributed by atoms with Gasteiger partial charge in [0.1, 0.15) is 0 Å². The fourth-order valence-electron chi connectivity index (χ4n) is 0.444. The first-order chi connectivity index (χ1) is 5.58. The summed E-state index contributed by atoms with van der Waals surface area (Å²) >= 11 is 0. The van der Waals surface area contributed by atoms with Crippen LogP contribution in [-0.2, 0) is 0 Å². The molecule has 0 heterocycles. The quantitative estimate of drug-likeness (QED) is 0.556. The highest BCUT2D eigenvalue weighted by Gasteiger charge is 1.87. The van der Waals surface area contributed by atoms with Gasteiger partial charge in [0, 0.05) is 0 Å². The van der Waals surface area contributed by atoms with Crippen molar-refractivity contribution in [2.75, 3.05) is 0 Å². The Morgan fingerprint density at radius 1 is 1.08 bits per heavy atom. The first-order valence-electron chi connectivity index (χ1n) is 4.12. The Morgan fingerprint density at radius 2 is 1.50 bits per heavy atom. The summed E-state index contributed by atoms with van der Waals surface area (Å²) in [7, 11) is 0. The van der Waals surface area contributed by atoms with Gasteiger partial charge in [0.25, 0.3) is 0 Å². The Balaban J connectivity index is 0. The van der Waals surface area contributed by atoms with Crippen molar-refractivity contribution in [1.29, 1.82) is 0 Å². The van der Waals surface area contributed by atoms with Crippen LogP contribution in [0, 0.1) is 25.7 Å². The third-order valence-electron chi connectivity index (χ3n) is 1.11. The summed E-state index contributed by atoms with van der Waals surface area (Å²) in [5.41, 5.74) is 0. The maximum absolute atomic E-state index is 3.82. The van der Waals surface area contributed by atoms with Crippen LogP contribution in [-0.4, -0.2) is 0 Å². The maximum atomic E-state index is 3.82. The molecule has 12 heavy (non-hydrogen) atoms. The minimum Gasteiger partial charge on any atom is -0.103 e. The van der Waals surface area contributed by atoms with Gasteiger partial charge in [0.15, 0.2) is 0 Å². The van der Waals surface area contributed by atoms with Gasteiger partial charge in [-0.25, -0.2) is 0 Å². The zero-order chi connectivity index (χ0) is 9.98. The highest BCUT2D eigenvalue weighted by atomic mass is 13.9. The molecule has 0 bridgehead atoms. The second kappa shape index (κ2) is 10.2. The van der Waals surface area contributed by atoms with E-state index in [4.69, 9.17) is 0 Å². The third-order valence-corrected chi connectivity index (χ3v) is 1.11. The van der Waals surface area contributed by atoms with E-state index in [0.717, 1.165) is 0 Å². The van der Waals surface area contributed by atoms with Crippen LogP contribution in [0.15, 0.2) is 37.5 Å². The van der Waals surface area contributed by atoms with Crippen LogP contribution in [0.5, 0.6) is 0 Å². The Hall–Kier alpha value is -0.780. The van der Waals surface area contributed by atoms with Crippen molar-refractivity contribution < 1.29 is 0 Å². The first-order valence-corrected chi connectivity index (χ1v) is 4.12. The van der Waals surface area contributed by atoms with Crippen molar-refractivity contribution in [1.82, 2.24) is 0 Å². The molecule has 0 aromatic carbocycles. The van der Waals surface area contributed by atoms with Crippen LogP contribution >= 0.6 is 0 Å². The zero-order valence-corrected chi connectivity index (χ0v) is 8.29. The van der Waals surface area contributed by atoms with E-state index in [9.17, 15) is 0 Å². The van der Waals surface area contributed by atoms with Gasteiger partial charge < -0.3 is 0 Å². The molecule has 0 aromatic heterocycles. The summed E-state index contributed by atoms with van der Waals surface area (Å²) in [6.45, 7) is 18.2. The van der Waals surface area contributed by atoms with Gasteiger partial charge in [-0.15, -0.1) is 13.2 Å². The summed E-state index contributed by atoms with van der Waals surface area (Å²) in [5.74, 6) is 0.890. The van der Waals surface area contributed by atoms with E-state index in [-0.39, 0.29) is 0 Å². The van der Waals surface area contributed by atoms with Crippen LogP contribution in [0.2, 0.25) is 0 Å². The summed E-state index contributed by atoms with van der Waals surface area (Å²) in [4.78, 5) is 0. The molecule has 68 valence electrons. The molecule has 2 atom stereocenters. The summed E-state index contributed by atoms with van der Waals surface area (Å²) in [6, 6.07) is 0. The standard InChI is InChI=1S/C9H15.C3H5/c1-5-9(4)7-6-8(2)3;1-3-2/h5-9H,1-2H2,3-4H3;3H,1-2H2/b7-6+;. The lowest BCUT2D eigenvalue weighted by molar-refractivity contribution is 0.881. The minimum absolute atomic E-state index is 0.410. The molecule has 0 N–H and O–H groups in total. The molecule has 0 nitrogen and oxygen atoms in total. The molecule has 0 aliphatic carbocycles. The SMILES string of the molecule is [CH2]C(C)/C=C/C(C)C=C.[CH2]C=C. The van der Waals surface area contributed by atoms with Gasteiger partial charge in [-0.05, 0) is 25.7 Å². The van der Waals surface area contributed by atoms with E-state index < -0.39 is 0 Å². The molecule has 0 saturated heterocycles. The van der Waals surface area contributed by atoms with E-state index in [0.29, 0.717) is 11.8 Å². The highest BCUT2D eigenvalue weighted by molar-refractivity contribution is 4.97. The third kappa shape index (κ3) is 16.1. The molecule has 0 amide bonds. The summed E-state index contributed by atoms with van der Waals surface area (Å²) in [5, 5.41) is 0.